The van der Waals surface area contributed by atoms with Gasteiger partial charge in [-0.2, -0.15) is 0 Å². The Kier molecular flexibility index (Phi) is 3.43. The van der Waals surface area contributed by atoms with Crippen LogP contribution in [-0.2, 0) is 0 Å². The minimum Gasteiger partial charge on any atom is -0.399 e. The van der Waals surface area contributed by atoms with Gasteiger partial charge in [-0.1, -0.05) is 6.07 Å². The van der Waals surface area contributed by atoms with E-state index in [2.05, 4.69) is 4.98 Å². The van der Waals surface area contributed by atoms with Gasteiger partial charge in [0.1, 0.15) is 6.33 Å². The van der Waals surface area contributed by atoms with Gasteiger partial charge in [0, 0.05) is 23.5 Å². The zero-order valence-corrected chi connectivity index (χ0v) is 13.2. The molecular weight excluding hydrogens is 316 g/mol. The van der Waals surface area contributed by atoms with Crippen molar-refractivity contribution in [1.82, 2.24) is 9.55 Å². The number of hydrogen-bond acceptors (Lipinski definition) is 4. The van der Waals surface area contributed by atoms with Crippen LogP contribution in [0.25, 0.3) is 27.8 Å². The molecule has 0 saturated carbocycles. The number of nitrogen functional groups attached to an aromatic ring is 1. The summed E-state index contributed by atoms with van der Waals surface area (Å²) in [5.41, 5.74) is 11.2. The molecule has 0 saturated heterocycles. The Balaban J connectivity index is 1.80. The molecule has 0 atom stereocenters. The van der Waals surface area contributed by atoms with E-state index in [0.29, 0.717) is 5.69 Å². The molecule has 0 aliphatic heterocycles. The number of non-ortho nitro benzene ring substituents is 1. The van der Waals surface area contributed by atoms with E-state index in [1.165, 1.54) is 12.1 Å². The van der Waals surface area contributed by atoms with E-state index in [1.54, 1.807) is 18.5 Å². The number of fused-ring (bicyclic) bond motifs is 1. The van der Waals surface area contributed by atoms with E-state index in [-0.39, 0.29) is 5.69 Å². The predicted octanol–water partition coefficient (Wildman–Crippen LogP) is 4.18. The van der Waals surface area contributed by atoms with Crippen molar-refractivity contribution in [2.24, 2.45) is 0 Å². The second kappa shape index (κ2) is 5.76. The van der Waals surface area contributed by atoms with Crippen molar-refractivity contribution in [1.29, 1.82) is 0 Å². The lowest BCUT2D eigenvalue weighted by molar-refractivity contribution is -0.384. The van der Waals surface area contributed by atoms with Gasteiger partial charge in [-0.05, 0) is 59.7 Å². The van der Waals surface area contributed by atoms with Gasteiger partial charge in [-0.25, -0.2) is 4.98 Å². The van der Waals surface area contributed by atoms with E-state index in [4.69, 9.17) is 5.73 Å². The van der Waals surface area contributed by atoms with Crippen LogP contribution in [-0.4, -0.2) is 14.5 Å². The highest BCUT2D eigenvalue weighted by Gasteiger charge is 2.09. The lowest BCUT2D eigenvalue weighted by atomic mass is 10.0. The summed E-state index contributed by atoms with van der Waals surface area (Å²) in [6.45, 7) is 0. The van der Waals surface area contributed by atoms with Crippen LogP contribution in [0.3, 0.4) is 0 Å². The molecule has 2 N–H and O–H groups in total. The highest BCUT2D eigenvalue weighted by Crippen LogP contribution is 2.27. The zero-order valence-electron chi connectivity index (χ0n) is 13.2. The maximum absolute atomic E-state index is 10.8. The Morgan fingerprint density at radius 3 is 2.28 bits per heavy atom. The van der Waals surface area contributed by atoms with E-state index in [9.17, 15) is 10.1 Å². The first kappa shape index (κ1) is 14.9. The van der Waals surface area contributed by atoms with Gasteiger partial charge in [0.05, 0.1) is 16.0 Å². The summed E-state index contributed by atoms with van der Waals surface area (Å²) in [7, 11) is 0. The molecule has 0 bridgehead atoms. The van der Waals surface area contributed by atoms with Crippen LogP contribution < -0.4 is 5.73 Å². The molecule has 1 aromatic heterocycles. The monoisotopic (exact) mass is 330 g/mol. The molecule has 0 radical (unpaired) electrons. The molecule has 0 fully saturated rings. The second-order valence-electron chi connectivity index (χ2n) is 5.71. The maximum Gasteiger partial charge on any atom is 0.269 e. The van der Waals surface area contributed by atoms with Gasteiger partial charge in [-0.15, -0.1) is 0 Å². The Bertz CT molecular complexity index is 1070. The van der Waals surface area contributed by atoms with E-state index < -0.39 is 4.92 Å². The number of aromatic nitrogens is 2. The molecular formula is C19H14N4O2. The molecule has 6 nitrogen and oxygen atoms in total. The van der Waals surface area contributed by atoms with E-state index >= 15 is 0 Å². The number of nitro groups is 1. The number of anilines is 1. The average molecular weight is 330 g/mol. The minimum atomic E-state index is -0.400. The van der Waals surface area contributed by atoms with Gasteiger partial charge in [0.25, 0.3) is 5.69 Å². The van der Waals surface area contributed by atoms with Gasteiger partial charge in [0.15, 0.2) is 0 Å². The Morgan fingerprint density at radius 2 is 1.60 bits per heavy atom. The third-order valence-electron chi connectivity index (χ3n) is 4.13. The molecule has 1 heterocycles. The number of benzene rings is 3. The van der Waals surface area contributed by atoms with Crippen LogP contribution >= 0.6 is 0 Å². The van der Waals surface area contributed by atoms with Crippen molar-refractivity contribution >= 4 is 22.4 Å². The molecule has 0 aliphatic carbocycles. The van der Waals surface area contributed by atoms with Crippen LogP contribution in [0.4, 0.5) is 11.4 Å². The molecule has 4 aromatic rings. The average Bonchev–Trinajstić information content (AvgIpc) is 3.05. The third kappa shape index (κ3) is 2.70. The number of nitro benzene ring substituents is 1. The molecule has 4 rings (SSSR count). The minimum absolute atomic E-state index is 0.0803. The first-order chi connectivity index (χ1) is 12.1. The smallest absolute Gasteiger partial charge is 0.269 e. The number of nitrogens with zero attached hydrogens (tertiary/aromatic N) is 3. The van der Waals surface area contributed by atoms with Crippen molar-refractivity contribution in [2.75, 3.05) is 5.73 Å². The van der Waals surface area contributed by atoms with Crippen LogP contribution in [0.1, 0.15) is 0 Å². The number of imidazole rings is 1. The van der Waals surface area contributed by atoms with Crippen molar-refractivity contribution in [3.05, 3.63) is 83.2 Å². The normalized spacial score (nSPS) is 10.9. The van der Waals surface area contributed by atoms with E-state index in [0.717, 1.165) is 27.8 Å². The fraction of sp³-hybridized carbons (Fsp3) is 0. The Labute approximate surface area is 143 Å². The van der Waals surface area contributed by atoms with Gasteiger partial charge >= 0.3 is 0 Å². The quantitative estimate of drug-likeness (QED) is 0.347. The maximum atomic E-state index is 10.8. The molecule has 3 aromatic carbocycles. The molecule has 0 aliphatic rings. The molecule has 0 amide bonds. The number of hydrogen-bond donors (Lipinski definition) is 1. The lowest BCUT2D eigenvalue weighted by Gasteiger charge is -2.07. The van der Waals surface area contributed by atoms with Crippen molar-refractivity contribution < 1.29 is 4.92 Å². The summed E-state index contributed by atoms with van der Waals surface area (Å²) in [6, 6.07) is 20.0. The summed E-state index contributed by atoms with van der Waals surface area (Å²) in [4.78, 5) is 14.8. The second-order valence-corrected chi connectivity index (χ2v) is 5.71. The summed E-state index contributed by atoms with van der Waals surface area (Å²) in [5, 5.41) is 10.8. The first-order valence-electron chi connectivity index (χ1n) is 7.70. The van der Waals surface area contributed by atoms with Crippen LogP contribution in [0.2, 0.25) is 0 Å². The molecule has 0 unspecified atom stereocenters. The SMILES string of the molecule is Nc1ccc(-n2cnc3ccc(-c4ccc([N+](=O)[O-])cc4)cc32)cc1. The van der Waals surface area contributed by atoms with Crippen molar-refractivity contribution in [3.63, 3.8) is 0 Å². The number of nitrogens with two attached hydrogens (primary N) is 1. The zero-order chi connectivity index (χ0) is 17.4. The molecule has 25 heavy (non-hydrogen) atoms. The number of rotatable bonds is 3. The lowest BCUT2D eigenvalue weighted by Crippen LogP contribution is -1.93. The standard InChI is InChI=1S/C19H14N4O2/c20-15-4-8-16(9-5-15)22-12-21-18-10-3-14(11-19(18)22)13-1-6-17(7-2-13)23(24)25/h1-12H,20H2. The highest BCUT2D eigenvalue weighted by molar-refractivity contribution is 5.83. The van der Waals surface area contributed by atoms with Crippen molar-refractivity contribution in [2.45, 2.75) is 0 Å². The Morgan fingerprint density at radius 1 is 0.920 bits per heavy atom. The molecule has 0 spiro atoms. The van der Waals surface area contributed by atoms with Gasteiger partial charge in [-0.3, -0.25) is 14.7 Å². The van der Waals surface area contributed by atoms with Gasteiger partial charge < -0.3 is 5.73 Å². The molecule has 6 heteroatoms. The summed E-state index contributed by atoms with van der Waals surface area (Å²) >= 11 is 0. The Hall–Kier alpha value is -3.67. The summed E-state index contributed by atoms with van der Waals surface area (Å²) in [6.07, 6.45) is 1.77. The predicted molar refractivity (Wildman–Crippen MR) is 97.6 cm³/mol. The van der Waals surface area contributed by atoms with Crippen LogP contribution in [0.15, 0.2) is 73.1 Å². The fourth-order valence-corrected chi connectivity index (χ4v) is 2.80. The molecule has 122 valence electrons. The van der Waals surface area contributed by atoms with Gasteiger partial charge in [0.2, 0.25) is 0 Å². The van der Waals surface area contributed by atoms with Crippen LogP contribution in [0.5, 0.6) is 0 Å². The van der Waals surface area contributed by atoms with Crippen LogP contribution in [0, 0.1) is 10.1 Å². The fourth-order valence-electron chi connectivity index (χ4n) is 2.80. The highest BCUT2D eigenvalue weighted by atomic mass is 16.6. The summed E-state index contributed by atoms with van der Waals surface area (Å²) < 4.78 is 1.99. The van der Waals surface area contributed by atoms with E-state index in [1.807, 2.05) is 47.0 Å². The van der Waals surface area contributed by atoms with Crippen molar-refractivity contribution in [3.8, 4) is 16.8 Å². The largest absolute Gasteiger partial charge is 0.399 e. The first-order valence-corrected chi connectivity index (χ1v) is 7.70. The summed E-state index contributed by atoms with van der Waals surface area (Å²) in [5.74, 6) is 0. The topological polar surface area (TPSA) is 87.0 Å². The third-order valence-corrected chi connectivity index (χ3v) is 4.13.